The van der Waals surface area contributed by atoms with Crippen LogP contribution >= 0.6 is 11.6 Å². The molecule has 1 aromatic carbocycles. The minimum Gasteiger partial charge on any atom is -0.327 e. The van der Waals surface area contributed by atoms with Crippen LogP contribution in [-0.4, -0.2) is 24.7 Å². The van der Waals surface area contributed by atoms with Crippen LogP contribution in [0.1, 0.15) is 45.6 Å². The fourth-order valence-electron chi connectivity index (χ4n) is 1.91. The summed E-state index contributed by atoms with van der Waals surface area (Å²) in [6.07, 6.45) is 3.18. The standard InChI is InChI=1S/C16H25ClN2O2/c1-5-6-7-11-21-19(4)15(20)18-16(2,3)13-9-8-10-14(17)12-13/h8-10,12H,5-7,11H2,1-4H3,(H,18,20). The average molecular weight is 313 g/mol. The Kier molecular flexibility index (Phi) is 6.99. The Morgan fingerprint density at radius 1 is 1.38 bits per heavy atom. The third kappa shape index (κ3) is 5.94. The molecular formula is C16H25ClN2O2. The highest BCUT2D eigenvalue weighted by molar-refractivity contribution is 6.30. The van der Waals surface area contributed by atoms with Crippen molar-refractivity contribution in [3.8, 4) is 0 Å². The topological polar surface area (TPSA) is 41.6 Å². The molecule has 0 saturated heterocycles. The monoisotopic (exact) mass is 312 g/mol. The molecule has 0 radical (unpaired) electrons. The van der Waals surface area contributed by atoms with E-state index in [2.05, 4.69) is 12.2 Å². The second-order valence-corrected chi connectivity index (χ2v) is 6.04. The molecular weight excluding hydrogens is 288 g/mol. The van der Waals surface area contributed by atoms with Crippen molar-refractivity contribution >= 4 is 17.6 Å². The van der Waals surface area contributed by atoms with Gasteiger partial charge in [0.25, 0.3) is 0 Å². The van der Waals surface area contributed by atoms with Gasteiger partial charge in [-0.05, 0) is 38.0 Å². The summed E-state index contributed by atoms with van der Waals surface area (Å²) in [5.74, 6) is 0. The van der Waals surface area contributed by atoms with E-state index in [0.29, 0.717) is 11.6 Å². The van der Waals surface area contributed by atoms with Gasteiger partial charge in [0, 0.05) is 12.1 Å². The zero-order valence-electron chi connectivity index (χ0n) is 13.3. The molecule has 0 heterocycles. The largest absolute Gasteiger partial charge is 0.341 e. The van der Waals surface area contributed by atoms with Gasteiger partial charge in [-0.2, -0.15) is 0 Å². The minimum absolute atomic E-state index is 0.267. The molecule has 0 aliphatic heterocycles. The molecule has 0 fully saturated rings. The highest BCUT2D eigenvalue weighted by Crippen LogP contribution is 2.23. The van der Waals surface area contributed by atoms with E-state index in [4.69, 9.17) is 16.4 Å². The van der Waals surface area contributed by atoms with Crippen LogP contribution in [0.4, 0.5) is 4.79 Å². The van der Waals surface area contributed by atoms with Gasteiger partial charge in [0.15, 0.2) is 0 Å². The molecule has 1 N–H and O–H groups in total. The predicted molar refractivity (Wildman–Crippen MR) is 86.2 cm³/mol. The number of nitrogens with zero attached hydrogens (tertiary/aromatic N) is 1. The van der Waals surface area contributed by atoms with Crippen LogP contribution < -0.4 is 5.32 Å². The number of carbonyl (C=O) groups is 1. The maximum atomic E-state index is 12.1. The van der Waals surface area contributed by atoms with Gasteiger partial charge in [0.1, 0.15) is 0 Å². The maximum absolute atomic E-state index is 12.1. The molecule has 1 aromatic rings. The molecule has 0 saturated carbocycles. The predicted octanol–water partition coefficient (Wildman–Crippen LogP) is 4.34. The molecule has 0 spiro atoms. The summed E-state index contributed by atoms with van der Waals surface area (Å²) in [6, 6.07) is 7.21. The Morgan fingerprint density at radius 2 is 2.10 bits per heavy atom. The number of urea groups is 1. The number of carbonyl (C=O) groups excluding carboxylic acids is 1. The van der Waals surface area contributed by atoms with Crippen LogP contribution in [0.15, 0.2) is 24.3 Å². The summed E-state index contributed by atoms with van der Waals surface area (Å²) < 4.78 is 0. The summed E-state index contributed by atoms with van der Waals surface area (Å²) in [7, 11) is 1.62. The van der Waals surface area contributed by atoms with E-state index in [1.165, 1.54) is 5.06 Å². The molecule has 4 nitrogen and oxygen atoms in total. The summed E-state index contributed by atoms with van der Waals surface area (Å²) in [4.78, 5) is 17.5. The Bertz CT molecular complexity index is 463. The summed E-state index contributed by atoms with van der Waals surface area (Å²) >= 11 is 6.00. The van der Waals surface area contributed by atoms with Crippen molar-refractivity contribution in [3.63, 3.8) is 0 Å². The van der Waals surface area contributed by atoms with E-state index in [0.717, 1.165) is 24.8 Å². The van der Waals surface area contributed by atoms with E-state index >= 15 is 0 Å². The summed E-state index contributed by atoms with van der Waals surface area (Å²) in [6.45, 7) is 6.54. The molecule has 118 valence electrons. The van der Waals surface area contributed by atoms with E-state index in [9.17, 15) is 4.79 Å². The lowest BCUT2D eigenvalue weighted by Crippen LogP contribution is -2.47. The molecule has 21 heavy (non-hydrogen) atoms. The Hall–Kier alpha value is -1.26. The average Bonchev–Trinajstić information content (AvgIpc) is 2.43. The molecule has 0 bridgehead atoms. The number of nitrogens with one attached hydrogen (secondary N) is 1. The fourth-order valence-corrected chi connectivity index (χ4v) is 2.10. The zero-order chi connectivity index (χ0) is 15.9. The van der Waals surface area contributed by atoms with Gasteiger partial charge >= 0.3 is 6.03 Å². The molecule has 0 aliphatic rings. The highest BCUT2D eigenvalue weighted by atomic mass is 35.5. The summed E-state index contributed by atoms with van der Waals surface area (Å²) in [5, 5.41) is 4.85. The Morgan fingerprint density at radius 3 is 2.71 bits per heavy atom. The van der Waals surface area contributed by atoms with Crippen molar-refractivity contribution in [3.05, 3.63) is 34.9 Å². The maximum Gasteiger partial charge on any atom is 0.341 e. The normalized spacial score (nSPS) is 11.3. The number of hydrogen-bond acceptors (Lipinski definition) is 2. The van der Waals surface area contributed by atoms with Crippen LogP contribution in [0.25, 0.3) is 0 Å². The third-order valence-electron chi connectivity index (χ3n) is 3.28. The number of unbranched alkanes of at least 4 members (excludes halogenated alkanes) is 2. The molecule has 5 heteroatoms. The Balaban J connectivity index is 2.55. The molecule has 0 aliphatic carbocycles. The Labute approximate surface area is 132 Å². The SMILES string of the molecule is CCCCCON(C)C(=O)NC(C)(C)c1cccc(Cl)c1. The van der Waals surface area contributed by atoms with Crippen molar-refractivity contribution < 1.29 is 9.63 Å². The second kappa shape index (κ2) is 8.25. The van der Waals surface area contributed by atoms with E-state index in [1.54, 1.807) is 7.05 Å². The first kappa shape index (κ1) is 17.8. The van der Waals surface area contributed by atoms with Gasteiger partial charge in [-0.3, -0.25) is 4.84 Å². The lowest BCUT2D eigenvalue weighted by atomic mass is 9.94. The van der Waals surface area contributed by atoms with Crippen molar-refractivity contribution in [2.24, 2.45) is 0 Å². The fraction of sp³-hybridized carbons (Fsp3) is 0.562. The first-order valence-corrected chi connectivity index (χ1v) is 7.69. The van der Waals surface area contributed by atoms with Crippen molar-refractivity contribution in [2.75, 3.05) is 13.7 Å². The number of hydrogen-bond donors (Lipinski definition) is 1. The van der Waals surface area contributed by atoms with Gasteiger partial charge in [-0.15, -0.1) is 0 Å². The first-order valence-electron chi connectivity index (χ1n) is 7.31. The number of rotatable bonds is 7. The van der Waals surface area contributed by atoms with Crippen molar-refractivity contribution in [2.45, 2.75) is 45.6 Å². The number of halogens is 1. The van der Waals surface area contributed by atoms with Gasteiger partial charge in [0.05, 0.1) is 12.1 Å². The zero-order valence-corrected chi connectivity index (χ0v) is 14.0. The summed E-state index contributed by atoms with van der Waals surface area (Å²) in [5.41, 5.74) is 0.422. The van der Waals surface area contributed by atoms with Crippen LogP contribution in [-0.2, 0) is 10.4 Å². The molecule has 0 atom stereocenters. The van der Waals surface area contributed by atoms with Crippen LogP contribution in [0.3, 0.4) is 0 Å². The van der Waals surface area contributed by atoms with Gasteiger partial charge in [-0.25, -0.2) is 9.86 Å². The number of amides is 2. The third-order valence-corrected chi connectivity index (χ3v) is 3.52. The van der Waals surface area contributed by atoms with Crippen LogP contribution in [0.2, 0.25) is 5.02 Å². The van der Waals surface area contributed by atoms with Crippen molar-refractivity contribution in [1.29, 1.82) is 0 Å². The van der Waals surface area contributed by atoms with Crippen molar-refractivity contribution in [1.82, 2.24) is 10.4 Å². The van der Waals surface area contributed by atoms with E-state index in [-0.39, 0.29) is 6.03 Å². The molecule has 0 aromatic heterocycles. The quantitative estimate of drug-likeness (QED) is 0.601. The van der Waals surface area contributed by atoms with Gasteiger partial charge in [-0.1, -0.05) is 43.5 Å². The first-order chi connectivity index (χ1) is 9.86. The number of benzene rings is 1. The number of hydroxylamine groups is 2. The smallest absolute Gasteiger partial charge is 0.327 e. The minimum atomic E-state index is -0.525. The lowest BCUT2D eigenvalue weighted by molar-refractivity contribution is -0.101. The molecule has 2 amide bonds. The van der Waals surface area contributed by atoms with Crippen LogP contribution in [0, 0.1) is 0 Å². The van der Waals surface area contributed by atoms with E-state index in [1.807, 2.05) is 38.1 Å². The lowest BCUT2D eigenvalue weighted by Gasteiger charge is -2.29. The second-order valence-electron chi connectivity index (χ2n) is 5.60. The van der Waals surface area contributed by atoms with Gasteiger partial charge < -0.3 is 5.32 Å². The molecule has 1 rings (SSSR count). The van der Waals surface area contributed by atoms with Crippen LogP contribution in [0.5, 0.6) is 0 Å². The van der Waals surface area contributed by atoms with E-state index < -0.39 is 5.54 Å². The van der Waals surface area contributed by atoms with Gasteiger partial charge in [0.2, 0.25) is 0 Å². The highest BCUT2D eigenvalue weighted by Gasteiger charge is 2.25. The molecule has 0 unspecified atom stereocenters.